The summed E-state index contributed by atoms with van der Waals surface area (Å²) < 4.78 is 0. The van der Waals surface area contributed by atoms with E-state index in [1.54, 1.807) is 12.1 Å². The maximum absolute atomic E-state index is 10.8. The van der Waals surface area contributed by atoms with Gasteiger partial charge in [-0.25, -0.2) is 9.59 Å². The van der Waals surface area contributed by atoms with Crippen LogP contribution in [-0.2, 0) is 6.54 Å². The summed E-state index contributed by atoms with van der Waals surface area (Å²) in [5, 5.41) is 20.7. The monoisotopic (exact) mass is 272 g/mol. The van der Waals surface area contributed by atoms with Gasteiger partial charge in [0.25, 0.3) is 0 Å². The molecule has 6 nitrogen and oxygen atoms in total. The maximum Gasteiger partial charge on any atom is 0.337 e. The molecule has 0 radical (unpaired) electrons. The Labute approximate surface area is 114 Å². The number of hydrogen-bond acceptors (Lipinski definition) is 4. The number of aromatic nitrogens is 1. The van der Waals surface area contributed by atoms with Crippen LogP contribution in [0.15, 0.2) is 42.7 Å². The second kappa shape index (κ2) is 5.83. The zero-order valence-electron chi connectivity index (χ0n) is 10.4. The molecule has 0 saturated heterocycles. The van der Waals surface area contributed by atoms with Gasteiger partial charge >= 0.3 is 11.9 Å². The van der Waals surface area contributed by atoms with Gasteiger partial charge in [-0.2, -0.15) is 0 Å². The van der Waals surface area contributed by atoms with E-state index >= 15 is 0 Å². The fraction of sp³-hybridized carbons (Fsp3) is 0.0714. The van der Waals surface area contributed by atoms with Crippen LogP contribution in [-0.4, -0.2) is 27.1 Å². The van der Waals surface area contributed by atoms with Crippen LogP contribution >= 0.6 is 0 Å². The highest BCUT2D eigenvalue weighted by molar-refractivity contribution is 5.88. The number of hydrogen-bond donors (Lipinski definition) is 3. The highest BCUT2D eigenvalue weighted by atomic mass is 16.4. The fourth-order valence-electron chi connectivity index (χ4n) is 1.62. The molecule has 1 heterocycles. The van der Waals surface area contributed by atoms with Gasteiger partial charge in [-0.3, -0.25) is 4.98 Å². The molecular weight excluding hydrogens is 260 g/mol. The molecule has 0 saturated carbocycles. The standard InChI is InChI=1S/C14H12N2O4/c17-13(18)10-3-1-9(2-4-10)6-16-12-5-11(14(19)20)7-15-8-12/h1-5,7-8,16H,6H2,(H,17,18)(H,19,20). The van der Waals surface area contributed by atoms with Crippen LogP contribution in [0.4, 0.5) is 5.69 Å². The normalized spacial score (nSPS) is 10.0. The smallest absolute Gasteiger partial charge is 0.337 e. The molecule has 2 aromatic rings. The number of benzene rings is 1. The maximum atomic E-state index is 10.8. The summed E-state index contributed by atoms with van der Waals surface area (Å²) in [7, 11) is 0. The lowest BCUT2D eigenvalue weighted by Crippen LogP contribution is -2.03. The number of carboxylic acids is 2. The molecule has 20 heavy (non-hydrogen) atoms. The van der Waals surface area contributed by atoms with Gasteiger partial charge < -0.3 is 15.5 Å². The number of carboxylic acid groups (broad SMARTS) is 2. The summed E-state index contributed by atoms with van der Waals surface area (Å²) in [4.78, 5) is 25.4. The van der Waals surface area contributed by atoms with Crippen molar-refractivity contribution < 1.29 is 19.8 Å². The van der Waals surface area contributed by atoms with E-state index in [1.165, 1.54) is 30.6 Å². The van der Waals surface area contributed by atoms with E-state index < -0.39 is 11.9 Å². The lowest BCUT2D eigenvalue weighted by Gasteiger charge is -2.07. The van der Waals surface area contributed by atoms with E-state index in [9.17, 15) is 9.59 Å². The van der Waals surface area contributed by atoms with Crippen molar-refractivity contribution in [2.75, 3.05) is 5.32 Å². The number of aromatic carboxylic acids is 2. The average Bonchev–Trinajstić information content (AvgIpc) is 2.46. The number of rotatable bonds is 5. The zero-order chi connectivity index (χ0) is 14.5. The van der Waals surface area contributed by atoms with Crippen molar-refractivity contribution in [1.29, 1.82) is 0 Å². The molecule has 0 aliphatic heterocycles. The number of anilines is 1. The number of nitrogens with one attached hydrogen (secondary N) is 1. The van der Waals surface area contributed by atoms with Crippen molar-refractivity contribution in [2.45, 2.75) is 6.54 Å². The number of pyridine rings is 1. The summed E-state index contributed by atoms with van der Waals surface area (Å²) in [5.74, 6) is -2.00. The predicted molar refractivity (Wildman–Crippen MR) is 71.9 cm³/mol. The van der Waals surface area contributed by atoms with Crippen LogP contribution in [0.3, 0.4) is 0 Å². The molecule has 0 unspecified atom stereocenters. The fourth-order valence-corrected chi connectivity index (χ4v) is 1.62. The Morgan fingerprint density at radius 2 is 1.65 bits per heavy atom. The Morgan fingerprint density at radius 1 is 1.00 bits per heavy atom. The van der Waals surface area contributed by atoms with Crippen molar-refractivity contribution in [2.24, 2.45) is 0 Å². The third-order valence-electron chi connectivity index (χ3n) is 2.68. The Hall–Kier alpha value is -2.89. The van der Waals surface area contributed by atoms with Gasteiger partial charge in [0.05, 0.1) is 16.8 Å². The summed E-state index contributed by atoms with van der Waals surface area (Å²) in [6, 6.07) is 7.92. The first kappa shape index (κ1) is 13.5. The Morgan fingerprint density at radius 3 is 2.25 bits per heavy atom. The van der Waals surface area contributed by atoms with Gasteiger partial charge in [-0.15, -0.1) is 0 Å². The van der Waals surface area contributed by atoms with Gasteiger partial charge in [0.1, 0.15) is 0 Å². The van der Waals surface area contributed by atoms with Crippen molar-refractivity contribution in [3.05, 3.63) is 59.4 Å². The van der Waals surface area contributed by atoms with Crippen molar-refractivity contribution in [3.63, 3.8) is 0 Å². The molecule has 0 aliphatic carbocycles. The first-order valence-corrected chi connectivity index (χ1v) is 5.81. The third-order valence-corrected chi connectivity index (χ3v) is 2.68. The number of nitrogens with zero attached hydrogens (tertiary/aromatic N) is 1. The highest BCUT2D eigenvalue weighted by Crippen LogP contribution is 2.11. The molecule has 1 aromatic heterocycles. The first-order chi connectivity index (χ1) is 9.56. The average molecular weight is 272 g/mol. The van der Waals surface area contributed by atoms with E-state index in [-0.39, 0.29) is 11.1 Å². The minimum absolute atomic E-state index is 0.108. The van der Waals surface area contributed by atoms with E-state index in [0.717, 1.165) is 5.56 Å². The van der Waals surface area contributed by atoms with Crippen LogP contribution in [0.25, 0.3) is 0 Å². The minimum atomic E-state index is -1.04. The van der Waals surface area contributed by atoms with Crippen LogP contribution < -0.4 is 5.32 Å². The molecule has 3 N–H and O–H groups in total. The van der Waals surface area contributed by atoms with Crippen LogP contribution in [0.5, 0.6) is 0 Å². The Balaban J connectivity index is 2.03. The summed E-state index contributed by atoms with van der Waals surface area (Å²) >= 11 is 0. The van der Waals surface area contributed by atoms with E-state index in [4.69, 9.17) is 10.2 Å². The zero-order valence-corrected chi connectivity index (χ0v) is 10.4. The molecule has 0 atom stereocenters. The van der Waals surface area contributed by atoms with Crippen molar-refractivity contribution >= 4 is 17.6 Å². The lowest BCUT2D eigenvalue weighted by molar-refractivity contribution is 0.0686. The summed E-state index contributed by atoms with van der Waals surface area (Å²) in [6.45, 7) is 0.449. The van der Waals surface area contributed by atoms with Crippen LogP contribution in [0.2, 0.25) is 0 Å². The van der Waals surface area contributed by atoms with Gasteiger partial charge in [0, 0.05) is 18.9 Å². The topological polar surface area (TPSA) is 99.5 Å². The van der Waals surface area contributed by atoms with E-state index in [2.05, 4.69) is 10.3 Å². The molecule has 0 spiro atoms. The summed E-state index contributed by atoms with van der Waals surface area (Å²) in [5.41, 5.74) is 1.81. The molecule has 1 aromatic carbocycles. The molecule has 6 heteroatoms. The van der Waals surface area contributed by atoms with Gasteiger partial charge in [-0.05, 0) is 23.8 Å². The first-order valence-electron chi connectivity index (χ1n) is 5.81. The second-order valence-corrected chi connectivity index (χ2v) is 4.12. The van der Waals surface area contributed by atoms with Crippen LogP contribution in [0.1, 0.15) is 26.3 Å². The SMILES string of the molecule is O=C(O)c1ccc(CNc2cncc(C(=O)O)c2)cc1. The molecule has 0 amide bonds. The van der Waals surface area contributed by atoms with E-state index in [0.29, 0.717) is 12.2 Å². The Bertz CT molecular complexity index is 638. The van der Waals surface area contributed by atoms with Crippen molar-refractivity contribution in [1.82, 2.24) is 4.98 Å². The van der Waals surface area contributed by atoms with Crippen molar-refractivity contribution in [3.8, 4) is 0 Å². The predicted octanol–water partition coefficient (Wildman–Crippen LogP) is 2.09. The van der Waals surface area contributed by atoms with Crippen LogP contribution in [0, 0.1) is 0 Å². The van der Waals surface area contributed by atoms with Gasteiger partial charge in [0.2, 0.25) is 0 Å². The molecule has 0 aliphatic rings. The molecule has 2 rings (SSSR count). The lowest BCUT2D eigenvalue weighted by atomic mass is 10.1. The second-order valence-electron chi connectivity index (χ2n) is 4.12. The molecule has 0 fully saturated rings. The molecule has 0 bridgehead atoms. The quantitative estimate of drug-likeness (QED) is 0.770. The van der Waals surface area contributed by atoms with Gasteiger partial charge in [0.15, 0.2) is 0 Å². The molecule has 102 valence electrons. The summed E-state index contributed by atoms with van der Waals surface area (Å²) in [6.07, 6.45) is 2.80. The number of carbonyl (C=O) groups is 2. The molecular formula is C14H12N2O4. The minimum Gasteiger partial charge on any atom is -0.478 e. The highest BCUT2D eigenvalue weighted by Gasteiger charge is 2.04. The largest absolute Gasteiger partial charge is 0.478 e. The van der Waals surface area contributed by atoms with E-state index in [1.807, 2.05) is 0 Å². The Kier molecular flexibility index (Phi) is 3.95. The van der Waals surface area contributed by atoms with Gasteiger partial charge in [-0.1, -0.05) is 12.1 Å². The third kappa shape index (κ3) is 3.32.